The Labute approximate surface area is 218 Å². The van der Waals surface area contributed by atoms with Crippen LogP contribution in [-0.2, 0) is 22.7 Å². The minimum Gasteiger partial charge on any atom is -0.331 e. The predicted molar refractivity (Wildman–Crippen MR) is 136 cm³/mol. The minimum atomic E-state index is -2.68. The molecule has 2 aromatic heterocycles. The van der Waals surface area contributed by atoms with Crippen molar-refractivity contribution in [3.8, 4) is 11.1 Å². The summed E-state index contributed by atoms with van der Waals surface area (Å²) < 4.78 is 28.9. The molecular weight excluding hydrogens is 494 g/mol. The highest BCUT2D eigenvalue weighted by Gasteiger charge is 2.35. The smallest absolute Gasteiger partial charge is 0.260 e. The van der Waals surface area contributed by atoms with E-state index < -0.39 is 12.0 Å². The number of alkyl halides is 2. The number of carbonyl (C=O) groups excluding carboxylic acids is 3. The SMILES string of the molecule is CC(=O)c1nn(CC(=O)N2CC(C)CC2C=O)c2ccc(-c3cnc(CN4CCCC(F)(F)C4)nc3)cc12. The normalized spacial score (nSPS) is 21.6. The molecule has 1 aromatic carbocycles. The van der Waals surface area contributed by atoms with Crippen molar-refractivity contribution in [3.05, 3.63) is 42.1 Å². The van der Waals surface area contributed by atoms with Gasteiger partial charge in [-0.25, -0.2) is 18.7 Å². The number of benzene rings is 1. The summed E-state index contributed by atoms with van der Waals surface area (Å²) in [6, 6.07) is 5.01. The van der Waals surface area contributed by atoms with E-state index in [9.17, 15) is 23.2 Å². The van der Waals surface area contributed by atoms with E-state index in [4.69, 9.17) is 0 Å². The van der Waals surface area contributed by atoms with E-state index in [1.165, 1.54) is 11.6 Å². The highest BCUT2D eigenvalue weighted by Crippen LogP contribution is 2.29. The number of likely N-dealkylation sites (tertiary alicyclic amines) is 2. The molecule has 0 aliphatic carbocycles. The molecule has 2 fully saturated rings. The summed E-state index contributed by atoms with van der Waals surface area (Å²) in [7, 11) is 0. The first-order valence-electron chi connectivity index (χ1n) is 12.8. The molecule has 4 heterocycles. The maximum absolute atomic E-state index is 13.7. The number of hydrogen-bond acceptors (Lipinski definition) is 7. The van der Waals surface area contributed by atoms with Gasteiger partial charge in [0, 0.05) is 43.2 Å². The number of ketones is 1. The molecule has 0 radical (unpaired) electrons. The van der Waals surface area contributed by atoms with Crippen molar-refractivity contribution in [1.82, 2.24) is 29.5 Å². The van der Waals surface area contributed by atoms with Gasteiger partial charge in [0.2, 0.25) is 5.91 Å². The maximum atomic E-state index is 13.7. The number of aromatic nitrogens is 4. The van der Waals surface area contributed by atoms with Crippen LogP contribution in [0.4, 0.5) is 8.78 Å². The van der Waals surface area contributed by atoms with E-state index in [0.717, 1.165) is 11.8 Å². The number of Topliss-reactive ketones (excluding diaryl/α,β-unsaturated/α-hetero) is 1. The highest BCUT2D eigenvalue weighted by atomic mass is 19.3. The molecule has 0 N–H and O–H groups in total. The zero-order chi connectivity index (χ0) is 27.0. The summed E-state index contributed by atoms with van der Waals surface area (Å²) in [6.45, 7) is 4.42. The molecule has 200 valence electrons. The summed E-state index contributed by atoms with van der Waals surface area (Å²) >= 11 is 0. The van der Waals surface area contributed by atoms with Gasteiger partial charge in [0.25, 0.3) is 5.92 Å². The van der Waals surface area contributed by atoms with Crippen molar-refractivity contribution in [2.45, 2.75) is 58.2 Å². The molecule has 3 aromatic rings. The Kier molecular flexibility index (Phi) is 7.04. The quantitative estimate of drug-likeness (QED) is 0.345. The van der Waals surface area contributed by atoms with E-state index in [0.29, 0.717) is 48.2 Å². The van der Waals surface area contributed by atoms with E-state index >= 15 is 0 Å². The molecule has 0 saturated carbocycles. The summed E-state index contributed by atoms with van der Waals surface area (Å²) in [5.74, 6) is -2.42. The number of halogens is 2. The zero-order valence-corrected chi connectivity index (χ0v) is 21.4. The molecule has 0 spiro atoms. The average Bonchev–Trinajstić information content (AvgIpc) is 3.44. The van der Waals surface area contributed by atoms with Crippen LogP contribution in [0.5, 0.6) is 0 Å². The van der Waals surface area contributed by atoms with E-state index in [1.54, 1.807) is 28.3 Å². The standard InChI is InChI=1S/C27H30F2N6O3/c1-17-8-21(15-36)34(12-17)25(38)14-35-23-5-4-19(9-22(23)26(32-35)18(2)37)20-10-30-24(31-11-20)13-33-7-3-6-27(28,29)16-33/h4-5,9-11,15,17,21H,3,6-8,12-14,16H2,1-2H3. The third-order valence-corrected chi connectivity index (χ3v) is 7.27. The summed E-state index contributed by atoms with van der Waals surface area (Å²) in [5.41, 5.74) is 2.35. The lowest BCUT2D eigenvalue weighted by molar-refractivity contribution is -0.135. The van der Waals surface area contributed by atoms with Gasteiger partial charge >= 0.3 is 0 Å². The van der Waals surface area contributed by atoms with Crippen LogP contribution >= 0.6 is 0 Å². The lowest BCUT2D eigenvalue weighted by Gasteiger charge is -2.31. The van der Waals surface area contributed by atoms with E-state index in [2.05, 4.69) is 15.1 Å². The summed E-state index contributed by atoms with van der Waals surface area (Å²) in [5, 5.41) is 5.03. The number of carbonyl (C=O) groups is 3. The highest BCUT2D eigenvalue weighted by molar-refractivity contribution is 6.06. The number of piperidine rings is 1. The first kappa shape index (κ1) is 26.0. The van der Waals surface area contributed by atoms with Crippen molar-refractivity contribution < 1.29 is 23.2 Å². The van der Waals surface area contributed by atoms with Crippen molar-refractivity contribution in [1.29, 1.82) is 0 Å². The largest absolute Gasteiger partial charge is 0.331 e. The molecule has 9 nitrogen and oxygen atoms in total. The minimum absolute atomic E-state index is 0.0759. The van der Waals surface area contributed by atoms with Gasteiger partial charge in [-0.05, 0) is 43.0 Å². The molecule has 5 rings (SSSR count). The Hall–Kier alpha value is -3.60. The topological polar surface area (TPSA) is 101 Å². The predicted octanol–water partition coefficient (Wildman–Crippen LogP) is 3.36. The van der Waals surface area contributed by atoms with Crippen molar-refractivity contribution in [2.75, 3.05) is 19.6 Å². The van der Waals surface area contributed by atoms with Gasteiger partial charge in [-0.3, -0.25) is 19.2 Å². The van der Waals surface area contributed by atoms with Crippen molar-refractivity contribution >= 4 is 28.9 Å². The zero-order valence-electron chi connectivity index (χ0n) is 21.4. The van der Waals surface area contributed by atoms with Crippen LogP contribution in [0.3, 0.4) is 0 Å². The number of fused-ring (bicyclic) bond motifs is 1. The number of aldehydes is 1. The Morgan fingerprint density at radius 2 is 1.95 bits per heavy atom. The van der Waals surface area contributed by atoms with Crippen LogP contribution in [0.25, 0.3) is 22.0 Å². The van der Waals surface area contributed by atoms with Crippen LogP contribution in [0.2, 0.25) is 0 Å². The third kappa shape index (κ3) is 5.33. The molecule has 2 aliphatic heterocycles. The lowest BCUT2D eigenvalue weighted by atomic mass is 10.0. The Bertz CT molecular complexity index is 1370. The second-order valence-corrected chi connectivity index (χ2v) is 10.4. The van der Waals surface area contributed by atoms with E-state index in [-0.39, 0.29) is 49.4 Å². The number of amides is 1. The molecular formula is C27H30F2N6O3. The lowest BCUT2D eigenvalue weighted by Crippen LogP contribution is -2.42. The van der Waals surface area contributed by atoms with Crippen molar-refractivity contribution in [3.63, 3.8) is 0 Å². The molecule has 38 heavy (non-hydrogen) atoms. The molecule has 2 saturated heterocycles. The van der Waals surface area contributed by atoms with Gasteiger partial charge in [-0.2, -0.15) is 5.10 Å². The molecule has 11 heteroatoms. The molecule has 1 amide bonds. The van der Waals surface area contributed by atoms with Crippen LogP contribution < -0.4 is 0 Å². The number of rotatable bonds is 7. The van der Waals surface area contributed by atoms with Crippen LogP contribution in [0.15, 0.2) is 30.6 Å². The van der Waals surface area contributed by atoms with Crippen molar-refractivity contribution in [2.24, 2.45) is 5.92 Å². The molecule has 2 aliphatic rings. The molecule has 0 bridgehead atoms. The van der Waals surface area contributed by atoms with E-state index in [1.807, 2.05) is 19.1 Å². The van der Waals surface area contributed by atoms with Gasteiger partial charge in [0.05, 0.1) is 24.6 Å². The Morgan fingerprint density at radius 3 is 2.63 bits per heavy atom. The number of nitrogens with zero attached hydrogens (tertiary/aromatic N) is 6. The Balaban J connectivity index is 1.37. The average molecular weight is 525 g/mol. The summed E-state index contributed by atoms with van der Waals surface area (Å²) in [6.07, 6.45) is 5.09. The second kappa shape index (κ2) is 10.3. The maximum Gasteiger partial charge on any atom is 0.260 e. The first-order chi connectivity index (χ1) is 18.1. The summed E-state index contributed by atoms with van der Waals surface area (Å²) in [4.78, 5) is 48.8. The van der Waals surface area contributed by atoms with Crippen LogP contribution in [0, 0.1) is 5.92 Å². The van der Waals surface area contributed by atoms with Gasteiger partial charge < -0.3 is 9.69 Å². The Morgan fingerprint density at radius 1 is 1.18 bits per heavy atom. The fourth-order valence-electron chi connectivity index (χ4n) is 5.43. The number of hydrogen-bond donors (Lipinski definition) is 0. The fourth-order valence-corrected chi connectivity index (χ4v) is 5.43. The molecule has 2 unspecified atom stereocenters. The van der Waals surface area contributed by atoms with Crippen LogP contribution in [-0.4, -0.2) is 79.1 Å². The molecule has 2 atom stereocenters. The monoisotopic (exact) mass is 524 g/mol. The van der Waals surface area contributed by atoms with Gasteiger partial charge in [0.1, 0.15) is 24.3 Å². The van der Waals surface area contributed by atoms with Gasteiger partial charge in [-0.15, -0.1) is 0 Å². The third-order valence-electron chi connectivity index (χ3n) is 7.27. The fraction of sp³-hybridized carbons (Fsp3) is 0.481. The second-order valence-electron chi connectivity index (χ2n) is 10.4. The van der Waals surface area contributed by atoms with Gasteiger partial charge in [-0.1, -0.05) is 13.0 Å². The van der Waals surface area contributed by atoms with Crippen LogP contribution in [0.1, 0.15) is 49.4 Å². The van der Waals surface area contributed by atoms with Gasteiger partial charge in [0.15, 0.2) is 5.78 Å². The first-order valence-corrected chi connectivity index (χ1v) is 12.8.